The van der Waals surface area contributed by atoms with E-state index in [1.54, 1.807) is 0 Å². The van der Waals surface area contributed by atoms with Crippen LogP contribution >= 0.6 is 0 Å². The Bertz CT molecular complexity index is 53.2. The largest absolute Gasteiger partial charge is 0.328 e. The number of nitrogens with two attached hydrogens (primary N) is 1. The van der Waals surface area contributed by atoms with Crippen LogP contribution in [0.4, 0.5) is 0 Å². The molecule has 1 aliphatic carbocycles. The van der Waals surface area contributed by atoms with Crippen molar-refractivity contribution in [3.63, 3.8) is 0 Å². The van der Waals surface area contributed by atoms with Gasteiger partial charge in [-0.1, -0.05) is 6.92 Å². The van der Waals surface area contributed by atoms with Crippen LogP contribution in [0.3, 0.4) is 0 Å². The van der Waals surface area contributed by atoms with Gasteiger partial charge in [-0.25, -0.2) is 0 Å². The minimum atomic E-state index is 0.523. The van der Waals surface area contributed by atoms with Crippen molar-refractivity contribution in [1.29, 1.82) is 0 Å². The molecule has 0 aromatic rings. The molecule has 0 bridgehead atoms. The summed E-state index contributed by atoms with van der Waals surface area (Å²) in [4.78, 5) is 0. The standard InChI is InChI=1S/C6H13N/c1-5-2-3-6(7)4-5/h5-6H,2-4,7H2,1H3/t5-,6?/m0/s1. The van der Waals surface area contributed by atoms with Gasteiger partial charge in [-0.15, -0.1) is 0 Å². The Kier molecular flexibility index (Phi) is 1.33. The molecule has 1 aliphatic rings. The fourth-order valence-corrected chi connectivity index (χ4v) is 1.25. The molecule has 1 unspecified atom stereocenters. The Morgan fingerprint density at radius 3 is 2.29 bits per heavy atom. The normalized spacial score (nSPS) is 42.0. The first kappa shape index (κ1) is 5.10. The maximum absolute atomic E-state index is 5.63. The average Bonchev–Trinajstić information content (AvgIpc) is 1.87. The molecule has 42 valence electrons. The van der Waals surface area contributed by atoms with E-state index in [1.165, 1.54) is 19.3 Å². The molecular weight excluding hydrogens is 86.1 g/mol. The minimum Gasteiger partial charge on any atom is -0.328 e. The van der Waals surface area contributed by atoms with E-state index < -0.39 is 0 Å². The molecule has 1 saturated carbocycles. The van der Waals surface area contributed by atoms with Crippen molar-refractivity contribution < 1.29 is 0 Å². The molecule has 7 heavy (non-hydrogen) atoms. The van der Waals surface area contributed by atoms with Gasteiger partial charge in [-0.05, 0) is 25.2 Å². The van der Waals surface area contributed by atoms with E-state index in [9.17, 15) is 0 Å². The topological polar surface area (TPSA) is 26.0 Å². The lowest BCUT2D eigenvalue weighted by Gasteiger charge is -1.97. The van der Waals surface area contributed by atoms with Crippen LogP contribution in [0.15, 0.2) is 0 Å². The summed E-state index contributed by atoms with van der Waals surface area (Å²) in [6.07, 6.45) is 3.85. The lowest BCUT2D eigenvalue weighted by molar-refractivity contribution is 0.594. The predicted octanol–water partition coefficient (Wildman–Crippen LogP) is 1.13. The van der Waals surface area contributed by atoms with Crippen LogP contribution in [0.2, 0.25) is 0 Å². The molecule has 1 heteroatoms. The van der Waals surface area contributed by atoms with Crippen molar-refractivity contribution in [2.24, 2.45) is 11.7 Å². The summed E-state index contributed by atoms with van der Waals surface area (Å²) in [6.45, 7) is 2.27. The second-order valence-corrected chi connectivity index (χ2v) is 2.68. The predicted molar refractivity (Wildman–Crippen MR) is 31.0 cm³/mol. The summed E-state index contributed by atoms with van der Waals surface area (Å²) >= 11 is 0. The van der Waals surface area contributed by atoms with Gasteiger partial charge >= 0.3 is 0 Å². The Hall–Kier alpha value is -0.0400. The number of hydrogen-bond donors (Lipinski definition) is 1. The van der Waals surface area contributed by atoms with E-state index >= 15 is 0 Å². The summed E-state index contributed by atoms with van der Waals surface area (Å²) in [5, 5.41) is 0. The zero-order chi connectivity index (χ0) is 5.28. The quantitative estimate of drug-likeness (QED) is 0.484. The van der Waals surface area contributed by atoms with E-state index in [0.29, 0.717) is 6.04 Å². The zero-order valence-electron chi connectivity index (χ0n) is 4.85. The van der Waals surface area contributed by atoms with Crippen molar-refractivity contribution in [1.82, 2.24) is 0 Å². The van der Waals surface area contributed by atoms with Crippen LogP contribution in [0.25, 0.3) is 0 Å². The van der Waals surface area contributed by atoms with Gasteiger partial charge < -0.3 is 5.73 Å². The van der Waals surface area contributed by atoms with E-state index in [2.05, 4.69) is 6.92 Å². The third-order valence-corrected chi connectivity index (χ3v) is 1.74. The van der Waals surface area contributed by atoms with E-state index in [4.69, 9.17) is 5.73 Å². The smallest absolute Gasteiger partial charge is 0.00414 e. The third-order valence-electron chi connectivity index (χ3n) is 1.74. The lowest BCUT2D eigenvalue weighted by Crippen LogP contribution is -2.14. The molecular formula is C6H13N. The number of rotatable bonds is 0. The van der Waals surface area contributed by atoms with Gasteiger partial charge in [0.1, 0.15) is 0 Å². The van der Waals surface area contributed by atoms with E-state index in [1.807, 2.05) is 0 Å². The summed E-state index contributed by atoms with van der Waals surface area (Å²) in [7, 11) is 0. The second kappa shape index (κ2) is 1.83. The van der Waals surface area contributed by atoms with Gasteiger partial charge in [-0.2, -0.15) is 0 Å². The first-order valence-electron chi connectivity index (χ1n) is 3.04. The van der Waals surface area contributed by atoms with Crippen molar-refractivity contribution >= 4 is 0 Å². The molecule has 0 radical (unpaired) electrons. The van der Waals surface area contributed by atoms with Crippen LogP contribution in [0, 0.1) is 5.92 Å². The van der Waals surface area contributed by atoms with Gasteiger partial charge in [0.15, 0.2) is 0 Å². The summed E-state index contributed by atoms with van der Waals surface area (Å²) in [6, 6.07) is 0.523. The molecule has 2 N–H and O–H groups in total. The molecule has 0 aliphatic heterocycles. The lowest BCUT2D eigenvalue weighted by atomic mass is 10.1. The van der Waals surface area contributed by atoms with Crippen molar-refractivity contribution in [3.8, 4) is 0 Å². The first-order valence-corrected chi connectivity index (χ1v) is 3.04. The fourth-order valence-electron chi connectivity index (χ4n) is 1.25. The molecule has 0 aromatic carbocycles. The molecule has 1 rings (SSSR count). The van der Waals surface area contributed by atoms with E-state index in [0.717, 1.165) is 5.92 Å². The minimum absolute atomic E-state index is 0.523. The van der Waals surface area contributed by atoms with Gasteiger partial charge in [0, 0.05) is 6.04 Å². The second-order valence-electron chi connectivity index (χ2n) is 2.68. The van der Waals surface area contributed by atoms with Crippen LogP contribution in [-0.2, 0) is 0 Å². The Morgan fingerprint density at radius 1 is 1.43 bits per heavy atom. The van der Waals surface area contributed by atoms with Crippen LogP contribution in [-0.4, -0.2) is 6.04 Å². The fraction of sp³-hybridized carbons (Fsp3) is 1.00. The molecule has 0 aromatic heterocycles. The summed E-state index contributed by atoms with van der Waals surface area (Å²) < 4.78 is 0. The molecule has 0 heterocycles. The van der Waals surface area contributed by atoms with Crippen LogP contribution < -0.4 is 5.73 Å². The monoisotopic (exact) mass is 99.1 g/mol. The molecule has 0 saturated heterocycles. The molecule has 1 nitrogen and oxygen atoms in total. The maximum atomic E-state index is 5.63. The summed E-state index contributed by atoms with van der Waals surface area (Å²) in [5.74, 6) is 0.898. The maximum Gasteiger partial charge on any atom is 0.00414 e. The van der Waals surface area contributed by atoms with Gasteiger partial charge in [-0.3, -0.25) is 0 Å². The molecule has 0 spiro atoms. The van der Waals surface area contributed by atoms with Crippen LogP contribution in [0.1, 0.15) is 26.2 Å². The highest BCUT2D eigenvalue weighted by molar-refractivity contribution is 4.73. The highest BCUT2D eigenvalue weighted by Crippen LogP contribution is 2.22. The first-order chi connectivity index (χ1) is 3.29. The summed E-state index contributed by atoms with van der Waals surface area (Å²) in [5.41, 5.74) is 5.63. The third kappa shape index (κ3) is 1.16. The Balaban J connectivity index is 2.26. The van der Waals surface area contributed by atoms with Crippen molar-refractivity contribution in [2.75, 3.05) is 0 Å². The Morgan fingerprint density at radius 2 is 2.14 bits per heavy atom. The molecule has 0 amide bonds. The van der Waals surface area contributed by atoms with Gasteiger partial charge in [0.25, 0.3) is 0 Å². The number of hydrogen-bond acceptors (Lipinski definition) is 1. The van der Waals surface area contributed by atoms with Gasteiger partial charge in [0.05, 0.1) is 0 Å². The van der Waals surface area contributed by atoms with Crippen molar-refractivity contribution in [3.05, 3.63) is 0 Å². The SMILES string of the molecule is C[C@H]1CCC(N)C1. The molecule has 1 fully saturated rings. The zero-order valence-corrected chi connectivity index (χ0v) is 4.85. The van der Waals surface area contributed by atoms with E-state index in [-0.39, 0.29) is 0 Å². The highest BCUT2D eigenvalue weighted by Gasteiger charge is 2.16. The Labute approximate surface area is 44.9 Å². The highest BCUT2D eigenvalue weighted by atomic mass is 14.6. The van der Waals surface area contributed by atoms with Crippen molar-refractivity contribution in [2.45, 2.75) is 32.2 Å². The molecule has 2 atom stereocenters. The van der Waals surface area contributed by atoms with Gasteiger partial charge in [0.2, 0.25) is 0 Å². The average molecular weight is 99.2 g/mol. The van der Waals surface area contributed by atoms with Crippen LogP contribution in [0.5, 0.6) is 0 Å².